The molecule has 3 nitrogen and oxygen atoms in total. The van der Waals surface area contributed by atoms with Gasteiger partial charge in [-0.05, 0) is 19.4 Å². The second-order valence-corrected chi connectivity index (χ2v) is 5.43. The molecule has 0 spiro atoms. The molecule has 1 unspecified atom stereocenters. The second kappa shape index (κ2) is 5.72. The molecule has 0 aliphatic rings. The average molecular weight is 294 g/mol. The van der Waals surface area contributed by atoms with Crippen LogP contribution in [0.5, 0.6) is 0 Å². The smallest absolute Gasteiger partial charge is 0.0844 e. The Morgan fingerprint density at radius 2 is 2.00 bits per heavy atom. The Labute approximate surface area is 123 Å². The first-order chi connectivity index (χ1) is 9.00. The maximum atomic E-state index is 6.22. The molecule has 2 rings (SSSR count). The number of hydrogen-bond donors (Lipinski definition) is 1. The lowest BCUT2D eigenvalue weighted by Crippen LogP contribution is -2.20. The van der Waals surface area contributed by atoms with Crippen molar-refractivity contribution in [2.45, 2.75) is 26.3 Å². The van der Waals surface area contributed by atoms with Crippen molar-refractivity contribution in [3.05, 3.63) is 52.3 Å². The fourth-order valence-corrected chi connectivity index (χ4v) is 2.44. The van der Waals surface area contributed by atoms with E-state index in [-0.39, 0.29) is 6.04 Å². The summed E-state index contributed by atoms with van der Waals surface area (Å²) in [5.74, 6) is 0. The molecule has 0 aliphatic heterocycles. The van der Waals surface area contributed by atoms with Gasteiger partial charge in [-0.3, -0.25) is 4.68 Å². The van der Waals surface area contributed by atoms with Crippen LogP contribution in [0.1, 0.15) is 29.4 Å². The van der Waals surface area contributed by atoms with Crippen molar-refractivity contribution in [1.29, 1.82) is 0 Å². The lowest BCUT2D eigenvalue weighted by atomic mass is 10.0. The molecule has 0 aliphatic carbocycles. The van der Waals surface area contributed by atoms with Crippen molar-refractivity contribution in [3.63, 3.8) is 0 Å². The predicted molar refractivity (Wildman–Crippen MR) is 82.7 cm³/mol. The SMILES string of the molecule is Cc1nn(C(CC(N)=S)c2ccccc2)c(C)c1Cl. The lowest BCUT2D eigenvalue weighted by Gasteiger charge is -2.19. The van der Waals surface area contributed by atoms with E-state index in [1.54, 1.807) is 0 Å². The summed E-state index contributed by atoms with van der Waals surface area (Å²) in [7, 11) is 0. The minimum absolute atomic E-state index is 0.00935. The van der Waals surface area contributed by atoms with Gasteiger partial charge >= 0.3 is 0 Å². The Morgan fingerprint density at radius 1 is 1.37 bits per heavy atom. The summed E-state index contributed by atoms with van der Waals surface area (Å²) in [5.41, 5.74) is 8.60. The predicted octanol–water partition coefficient (Wildman–Crippen LogP) is 3.42. The number of thiocarbonyl (C=S) groups is 1. The summed E-state index contributed by atoms with van der Waals surface area (Å²) >= 11 is 11.3. The van der Waals surface area contributed by atoms with Gasteiger partial charge in [0.25, 0.3) is 0 Å². The topological polar surface area (TPSA) is 43.8 Å². The highest BCUT2D eigenvalue weighted by molar-refractivity contribution is 7.80. The van der Waals surface area contributed by atoms with Crippen LogP contribution in [0, 0.1) is 13.8 Å². The fraction of sp³-hybridized carbons (Fsp3) is 0.286. The molecule has 0 bridgehead atoms. The lowest BCUT2D eigenvalue weighted by molar-refractivity contribution is 0.523. The van der Waals surface area contributed by atoms with Crippen molar-refractivity contribution in [2.24, 2.45) is 5.73 Å². The number of aryl methyl sites for hydroxylation is 1. The van der Waals surface area contributed by atoms with Crippen LogP contribution in [0.25, 0.3) is 0 Å². The molecule has 1 atom stereocenters. The quantitative estimate of drug-likeness (QED) is 0.879. The van der Waals surface area contributed by atoms with Crippen LogP contribution in [0.15, 0.2) is 30.3 Å². The zero-order valence-corrected chi connectivity index (χ0v) is 12.5. The van der Waals surface area contributed by atoms with Crippen LogP contribution in [-0.2, 0) is 0 Å². The van der Waals surface area contributed by atoms with Gasteiger partial charge in [0.1, 0.15) is 0 Å². The van der Waals surface area contributed by atoms with Crippen LogP contribution >= 0.6 is 23.8 Å². The van der Waals surface area contributed by atoms with Gasteiger partial charge in [0, 0.05) is 6.42 Å². The fourth-order valence-electron chi connectivity index (χ4n) is 2.16. The van der Waals surface area contributed by atoms with Gasteiger partial charge in [0.2, 0.25) is 0 Å². The van der Waals surface area contributed by atoms with Gasteiger partial charge in [0.15, 0.2) is 0 Å². The van der Waals surface area contributed by atoms with Crippen LogP contribution < -0.4 is 5.73 Å². The van der Waals surface area contributed by atoms with Gasteiger partial charge in [-0.15, -0.1) is 0 Å². The first-order valence-electron chi connectivity index (χ1n) is 6.05. The Kier molecular flexibility index (Phi) is 4.22. The van der Waals surface area contributed by atoms with Crippen molar-refractivity contribution < 1.29 is 0 Å². The zero-order valence-electron chi connectivity index (χ0n) is 10.9. The van der Waals surface area contributed by atoms with Gasteiger partial charge < -0.3 is 5.73 Å². The average Bonchev–Trinajstić information content (AvgIpc) is 2.64. The number of rotatable bonds is 4. The molecule has 1 aromatic heterocycles. The molecule has 5 heteroatoms. The van der Waals surface area contributed by atoms with E-state index in [2.05, 4.69) is 5.10 Å². The summed E-state index contributed by atoms with van der Waals surface area (Å²) < 4.78 is 1.91. The molecular formula is C14H16ClN3S. The molecule has 100 valence electrons. The molecule has 0 fully saturated rings. The van der Waals surface area contributed by atoms with E-state index in [9.17, 15) is 0 Å². The van der Waals surface area contributed by atoms with Crippen LogP contribution in [0.3, 0.4) is 0 Å². The van der Waals surface area contributed by atoms with E-state index >= 15 is 0 Å². The summed E-state index contributed by atoms with van der Waals surface area (Å²) in [6.45, 7) is 3.85. The van der Waals surface area contributed by atoms with Gasteiger partial charge in [0.05, 0.1) is 27.4 Å². The third-order valence-electron chi connectivity index (χ3n) is 3.11. The maximum Gasteiger partial charge on any atom is 0.0844 e. The largest absolute Gasteiger partial charge is 0.393 e. The van der Waals surface area contributed by atoms with E-state index < -0.39 is 0 Å². The maximum absolute atomic E-state index is 6.22. The number of aromatic nitrogens is 2. The third kappa shape index (κ3) is 2.96. The monoisotopic (exact) mass is 293 g/mol. The second-order valence-electron chi connectivity index (χ2n) is 4.53. The van der Waals surface area contributed by atoms with Gasteiger partial charge in [-0.1, -0.05) is 54.2 Å². The molecular weight excluding hydrogens is 278 g/mol. The highest BCUT2D eigenvalue weighted by atomic mass is 35.5. The molecule has 0 saturated carbocycles. The number of hydrogen-bond acceptors (Lipinski definition) is 2. The molecule has 0 amide bonds. The third-order valence-corrected chi connectivity index (χ3v) is 3.82. The molecule has 19 heavy (non-hydrogen) atoms. The minimum atomic E-state index is -0.00935. The Morgan fingerprint density at radius 3 is 2.47 bits per heavy atom. The summed E-state index contributed by atoms with van der Waals surface area (Å²) in [4.78, 5) is 0.470. The Bertz CT molecular complexity index is 592. The van der Waals surface area contributed by atoms with Crippen LogP contribution in [0.2, 0.25) is 5.02 Å². The van der Waals surface area contributed by atoms with Gasteiger partial charge in [-0.2, -0.15) is 5.10 Å². The van der Waals surface area contributed by atoms with Crippen molar-refractivity contribution >= 4 is 28.8 Å². The summed E-state index contributed by atoms with van der Waals surface area (Å²) in [6, 6.07) is 10.1. The molecule has 2 aromatic rings. The van der Waals surface area contributed by atoms with E-state index in [1.165, 1.54) is 0 Å². The highest BCUT2D eigenvalue weighted by Gasteiger charge is 2.20. The number of halogens is 1. The van der Waals surface area contributed by atoms with Crippen LogP contribution in [0.4, 0.5) is 0 Å². The van der Waals surface area contributed by atoms with E-state index in [4.69, 9.17) is 29.6 Å². The first kappa shape index (κ1) is 14.0. The first-order valence-corrected chi connectivity index (χ1v) is 6.83. The van der Waals surface area contributed by atoms with E-state index in [0.717, 1.165) is 17.0 Å². The molecule has 0 radical (unpaired) electrons. The summed E-state index contributed by atoms with van der Waals surface area (Å²) in [5, 5.41) is 5.21. The number of nitrogens with zero attached hydrogens (tertiary/aromatic N) is 2. The van der Waals surface area contributed by atoms with Crippen molar-refractivity contribution in [1.82, 2.24) is 9.78 Å². The normalized spacial score (nSPS) is 12.4. The molecule has 1 heterocycles. The number of benzene rings is 1. The van der Waals surface area contributed by atoms with E-state index in [1.807, 2.05) is 48.9 Å². The summed E-state index contributed by atoms with van der Waals surface area (Å²) in [6.07, 6.45) is 0.567. The zero-order chi connectivity index (χ0) is 14.0. The highest BCUT2D eigenvalue weighted by Crippen LogP contribution is 2.28. The Hall–Kier alpha value is -1.39. The molecule has 2 N–H and O–H groups in total. The molecule has 0 saturated heterocycles. The van der Waals surface area contributed by atoms with Crippen molar-refractivity contribution in [3.8, 4) is 0 Å². The standard InChI is InChI=1S/C14H16ClN3S/c1-9-14(15)10(2)18(17-9)12(8-13(16)19)11-6-4-3-5-7-11/h3-7,12H,8H2,1-2H3,(H2,16,19). The van der Waals surface area contributed by atoms with Crippen LogP contribution in [-0.4, -0.2) is 14.8 Å². The molecule has 1 aromatic carbocycles. The van der Waals surface area contributed by atoms with Gasteiger partial charge in [-0.25, -0.2) is 0 Å². The van der Waals surface area contributed by atoms with Crippen molar-refractivity contribution in [2.75, 3.05) is 0 Å². The minimum Gasteiger partial charge on any atom is -0.393 e. The number of nitrogens with two attached hydrogens (primary N) is 1. The Balaban J connectivity index is 2.49. The van der Waals surface area contributed by atoms with E-state index in [0.29, 0.717) is 16.4 Å².